The Morgan fingerprint density at radius 2 is 1.76 bits per heavy atom. The number of pyridine rings is 1. The number of nitrogens with zero attached hydrogens (tertiary/aromatic N) is 3. The Bertz CT molecular complexity index is 1070. The van der Waals surface area contributed by atoms with Crippen molar-refractivity contribution in [3.8, 4) is 11.1 Å². The summed E-state index contributed by atoms with van der Waals surface area (Å²) in [7, 11) is -3.06. The van der Waals surface area contributed by atoms with Crippen molar-refractivity contribution in [1.82, 2.24) is 14.8 Å². The molecule has 2 heterocycles. The molecule has 7 nitrogen and oxygen atoms in total. The van der Waals surface area contributed by atoms with E-state index in [2.05, 4.69) is 77.7 Å². The van der Waals surface area contributed by atoms with Crippen molar-refractivity contribution < 1.29 is 14.0 Å². The first-order valence-electron chi connectivity index (χ1n) is 13.0. The molecule has 0 bridgehead atoms. The van der Waals surface area contributed by atoms with Crippen LogP contribution in [0.2, 0.25) is 48.8 Å². The summed E-state index contributed by atoms with van der Waals surface area (Å²) in [4.78, 5) is 15.9. The first-order valence-corrected chi connectivity index (χ1v) is 20.0. The zero-order chi connectivity index (χ0) is 28.2. The fraction of sp³-hybridized carbons (Fsp3) is 0.667. The van der Waals surface area contributed by atoms with Gasteiger partial charge < -0.3 is 14.5 Å². The highest BCUT2D eigenvalue weighted by molar-refractivity contribution is 6.76. The fourth-order valence-corrected chi connectivity index (χ4v) is 5.56. The molecule has 0 unspecified atom stereocenters. The van der Waals surface area contributed by atoms with Crippen LogP contribution in [0.5, 0.6) is 0 Å². The van der Waals surface area contributed by atoms with Crippen molar-refractivity contribution in [3.63, 3.8) is 0 Å². The van der Waals surface area contributed by atoms with Crippen molar-refractivity contribution in [1.29, 1.82) is 0 Å². The summed E-state index contributed by atoms with van der Waals surface area (Å²) in [6.45, 7) is 26.0. The molecule has 37 heavy (non-hydrogen) atoms. The summed E-state index contributed by atoms with van der Waals surface area (Å²) in [5.74, 6) is 0.272. The molecule has 0 spiro atoms. The Kier molecular flexibility index (Phi) is 10.4. The average Bonchev–Trinajstić information content (AvgIpc) is 3.11. The van der Waals surface area contributed by atoms with Crippen LogP contribution < -0.4 is 5.32 Å². The van der Waals surface area contributed by atoms with Crippen molar-refractivity contribution in [3.05, 3.63) is 29.2 Å². The predicted molar refractivity (Wildman–Crippen MR) is 160 cm³/mol. The maximum absolute atomic E-state index is 11.6. The van der Waals surface area contributed by atoms with Crippen LogP contribution in [0.15, 0.2) is 18.5 Å². The smallest absolute Gasteiger partial charge is 0.222 e. The van der Waals surface area contributed by atoms with E-state index in [0.717, 1.165) is 29.5 Å². The molecule has 0 radical (unpaired) electrons. The van der Waals surface area contributed by atoms with Crippen molar-refractivity contribution in [2.75, 3.05) is 18.5 Å². The normalized spacial score (nSPS) is 13.2. The van der Waals surface area contributed by atoms with Crippen LogP contribution >= 0.6 is 11.6 Å². The molecule has 1 amide bonds. The molecule has 2 aromatic heterocycles. The van der Waals surface area contributed by atoms with Gasteiger partial charge in [-0.25, -0.2) is 9.67 Å². The number of anilines is 1. The van der Waals surface area contributed by atoms with E-state index in [1.165, 1.54) is 6.92 Å². The highest BCUT2D eigenvalue weighted by atomic mass is 35.5. The molecule has 0 fully saturated rings. The van der Waals surface area contributed by atoms with E-state index < -0.39 is 16.4 Å². The lowest BCUT2D eigenvalue weighted by Gasteiger charge is -2.39. The van der Waals surface area contributed by atoms with Crippen molar-refractivity contribution in [2.24, 2.45) is 5.41 Å². The fourth-order valence-electron chi connectivity index (χ4n) is 3.41. The Morgan fingerprint density at radius 3 is 2.32 bits per heavy atom. The van der Waals surface area contributed by atoms with Gasteiger partial charge in [0.1, 0.15) is 12.5 Å². The predicted octanol–water partition coefficient (Wildman–Crippen LogP) is 7.46. The Balaban J connectivity index is 2.36. The van der Waals surface area contributed by atoms with Gasteiger partial charge in [0.05, 0.1) is 10.7 Å². The van der Waals surface area contributed by atoms with Gasteiger partial charge in [0.25, 0.3) is 0 Å². The third-order valence-electron chi connectivity index (χ3n) is 6.78. The Morgan fingerprint density at radius 1 is 1.11 bits per heavy atom. The van der Waals surface area contributed by atoms with Crippen molar-refractivity contribution in [2.45, 2.75) is 98.5 Å². The number of carbonyl (C=O) groups excluding carboxylic acids is 1. The molecule has 0 aliphatic rings. The van der Waals surface area contributed by atoms with Gasteiger partial charge >= 0.3 is 0 Å². The summed E-state index contributed by atoms with van der Waals surface area (Å²) in [5.41, 5.74) is 2.46. The number of hydrogen-bond donors (Lipinski definition) is 1. The number of carbonyl (C=O) groups is 1. The van der Waals surface area contributed by atoms with Crippen LogP contribution in [-0.4, -0.2) is 50.3 Å². The molecule has 0 saturated heterocycles. The van der Waals surface area contributed by atoms with E-state index in [4.69, 9.17) is 25.9 Å². The number of aromatic nitrogens is 3. The number of nitrogens with one attached hydrogen (secondary N) is 1. The largest absolute Gasteiger partial charge is 0.416 e. The Hall–Kier alpha value is -1.53. The third-order valence-corrected chi connectivity index (χ3v) is 13.3. The number of halogens is 1. The second-order valence-electron chi connectivity index (χ2n) is 13.5. The van der Waals surface area contributed by atoms with Gasteiger partial charge in [-0.1, -0.05) is 65.9 Å². The van der Waals surface area contributed by atoms with Crippen LogP contribution in [0.25, 0.3) is 11.1 Å². The lowest BCUT2D eigenvalue weighted by atomic mass is 9.87. The molecular formula is C27H47ClN4O3Si2. The Labute approximate surface area is 230 Å². The summed E-state index contributed by atoms with van der Waals surface area (Å²) < 4.78 is 14.4. The van der Waals surface area contributed by atoms with Gasteiger partial charge in [0, 0.05) is 51.7 Å². The quantitative estimate of drug-likeness (QED) is 0.213. The highest BCUT2D eigenvalue weighted by Crippen LogP contribution is 2.39. The van der Waals surface area contributed by atoms with E-state index in [1.807, 2.05) is 10.9 Å². The summed E-state index contributed by atoms with van der Waals surface area (Å²) >= 11 is 6.61. The van der Waals surface area contributed by atoms with E-state index in [0.29, 0.717) is 30.6 Å². The van der Waals surface area contributed by atoms with Gasteiger partial charge in [0.2, 0.25) is 5.91 Å². The zero-order valence-corrected chi connectivity index (χ0v) is 27.5. The van der Waals surface area contributed by atoms with E-state index >= 15 is 0 Å². The first kappa shape index (κ1) is 31.7. The molecule has 208 valence electrons. The molecular weight excluding hydrogens is 520 g/mol. The molecule has 0 saturated carbocycles. The van der Waals surface area contributed by atoms with Gasteiger partial charge in [-0.15, -0.1) is 0 Å². The lowest BCUT2D eigenvalue weighted by Crippen LogP contribution is -2.43. The number of hydrogen-bond acceptors (Lipinski definition) is 5. The number of rotatable bonds is 12. The lowest BCUT2D eigenvalue weighted by molar-refractivity contribution is -0.114. The SMILES string of the molecule is CC(=O)Nc1cc(-c2cn(COCC[Si](C)(C)C)nc2CC(C)(C)CO[Si](C)(C)C(C)(C)C)c(Cl)cn1. The molecule has 10 heteroatoms. The molecule has 0 atom stereocenters. The maximum atomic E-state index is 11.6. The standard InChI is InChI=1S/C27H47ClN4O3Si2/c1-20(33)30-25-14-21(23(28)16-29-25)22-17-32(19-34-12-13-36(7,8)9)31-24(22)15-27(5,6)18-35-37(10,11)26(2,3)4/h14,16-17H,12-13,15,18-19H2,1-11H3,(H,29,30,33). The average molecular weight is 567 g/mol. The molecule has 0 aliphatic carbocycles. The van der Waals surface area contributed by atoms with Gasteiger partial charge in [-0.3, -0.25) is 4.79 Å². The minimum atomic E-state index is -1.89. The van der Waals surface area contributed by atoms with Crippen molar-refractivity contribution >= 4 is 39.7 Å². The van der Waals surface area contributed by atoms with E-state index in [1.54, 1.807) is 12.3 Å². The second-order valence-corrected chi connectivity index (χ2v) is 24.3. The van der Waals surface area contributed by atoms with Crippen LogP contribution in [0.3, 0.4) is 0 Å². The van der Waals surface area contributed by atoms with Gasteiger partial charge in [-0.05, 0) is 42.1 Å². The topological polar surface area (TPSA) is 78.3 Å². The molecule has 2 rings (SSSR count). The van der Waals surface area contributed by atoms with E-state index in [9.17, 15) is 4.79 Å². The minimum absolute atomic E-state index is 0.147. The summed E-state index contributed by atoms with van der Waals surface area (Å²) in [6.07, 6.45) is 4.25. The zero-order valence-electron chi connectivity index (χ0n) is 24.7. The first-order chi connectivity index (χ1) is 16.8. The van der Waals surface area contributed by atoms with Crippen LogP contribution in [-0.2, 0) is 27.1 Å². The van der Waals surface area contributed by atoms with Crippen LogP contribution in [0.1, 0.15) is 47.2 Å². The third kappa shape index (κ3) is 9.94. The molecule has 1 N–H and O–H groups in total. The minimum Gasteiger partial charge on any atom is -0.416 e. The van der Waals surface area contributed by atoms with Crippen LogP contribution in [0.4, 0.5) is 5.82 Å². The molecule has 0 aliphatic heterocycles. The maximum Gasteiger partial charge on any atom is 0.222 e. The summed E-state index contributed by atoms with van der Waals surface area (Å²) in [6, 6.07) is 2.90. The number of amides is 1. The van der Waals surface area contributed by atoms with Gasteiger partial charge in [-0.2, -0.15) is 5.10 Å². The molecule has 0 aromatic carbocycles. The number of ether oxygens (including phenoxy) is 1. The highest BCUT2D eigenvalue weighted by Gasteiger charge is 2.38. The monoisotopic (exact) mass is 566 g/mol. The van der Waals surface area contributed by atoms with E-state index in [-0.39, 0.29) is 16.4 Å². The molecule has 2 aromatic rings. The van der Waals surface area contributed by atoms with Crippen LogP contribution in [0, 0.1) is 5.41 Å². The second kappa shape index (κ2) is 12.1. The summed E-state index contributed by atoms with van der Waals surface area (Å²) in [5, 5.41) is 8.33. The van der Waals surface area contributed by atoms with Gasteiger partial charge in [0.15, 0.2) is 8.32 Å².